The second kappa shape index (κ2) is 5.56. The van der Waals surface area contributed by atoms with Crippen molar-refractivity contribution in [3.63, 3.8) is 0 Å². The van der Waals surface area contributed by atoms with Crippen molar-refractivity contribution in [3.05, 3.63) is 5.69 Å². The van der Waals surface area contributed by atoms with Crippen LogP contribution in [0.5, 0.6) is 0 Å². The van der Waals surface area contributed by atoms with E-state index in [-0.39, 0.29) is 23.5 Å². The molecule has 0 aliphatic carbocycles. The molecule has 7 nitrogen and oxygen atoms in total. The van der Waals surface area contributed by atoms with E-state index in [1.165, 1.54) is 0 Å². The summed E-state index contributed by atoms with van der Waals surface area (Å²) in [4.78, 5) is 16.3. The van der Waals surface area contributed by atoms with Gasteiger partial charge in [0.2, 0.25) is 11.5 Å². The smallest absolute Gasteiger partial charge is 0.280 e. The van der Waals surface area contributed by atoms with Gasteiger partial charge in [0.05, 0.1) is 0 Å². The molecule has 1 aromatic rings. The predicted octanol–water partition coefficient (Wildman–Crippen LogP) is 0.597. The number of piperidine rings is 1. The second-order valence-electron chi connectivity index (χ2n) is 5.28. The lowest BCUT2D eigenvalue weighted by molar-refractivity contribution is 0.0606. The average Bonchev–Trinajstić information content (AvgIpc) is 2.83. The molecule has 0 bridgehead atoms. The molecule has 0 atom stereocenters. The molecular weight excluding hydrogens is 246 g/mol. The summed E-state index contributed by atoms with van der Waals surface area (Å²) in [5.74, 6) is -0.168. The fourth-order valence-corrected chi connectivity index (χ4v) is 2.47. The van der Waals surface area contributed by atoms with E-state index in [1.54, 1.807) is 11.9 Å². The van der Waals surface area contributed by atoms with Crippen molar-refractivity contribution in [2.45, 2.75) is 38.8 Å². The molecule has 0 spiro atoms. The van der Waals surface area contributed by atoms with Gasteiger partial charge in [-0.25, -0.2) is 4.63 Å². The minimum absolute atomic E-state index is 0.0523. The number of nitrogens with two attached hydrogens (primary N) is 1. The minimum atomic E-state index is -0.221. The second-order valence-corrected chi connectivity index (χ2v) is 5.28. The molecule has 1 amide bonds. The van der Waals surface area contributed by atoms with E-state index < -0.39 is 0 Å². The summed E-state index contributed by atoms with van der Waals surface area (Å²) in [6, 6.07) is 0.774. The highest BCUT2D eigenvalue weighted by Gasteiger charge is 2.29. The van der Waals surface area contributed by atoms with E-state index in [9.17, 15) is 4.79 Å². The highest BCUT2D eigenvalue weighted by Crippen LogP contribution is 2.19. The van der Waals surface area contributed by atoms with Gasteiger partial charge < -0.3 is 15.5 Å². The molecule has 0 saturated carbocycles. The molecule has 0 aromatic carbocycles. The van der Waals surface area contributed by atoms with Crippen LogP contribution in [0.1, 0.15) is 37.2 Å². The summed E-state index contributed by atoms with van der Waals surface area (Å²) in [5, 5.41) is 7.00. The van der Waals surface area contributed by atoms with Crippen LogP contribution < -0.4 is 5.73 Å². The van der Waals surface area contributed by atoms with Crippen molar-refractivity contribution >= 4 is 11.7 Å². The molecule has 1 saturated heterocycles. The molecule has 0 unspecified atom stereocenters. The van der Waals surface area contributed by atoms with Crippen molar-refractivity contribution in [2.24, 2.45) is 0 Å². The maximum Gasteiger partial charge on any atom is 0.280 e. The molecule has 106 valence electrons. The molecular formula is C12H21N5O2. The number of rotatable bonds is 3. The maximum absolute atomic E-state index is 12.2. The number of anilines is 1. The van der Waals surface area contributed by atoms with Gasteiger partial charge in [-0.1, -0.05) is 0 Å². The zero-order valence-electron chi connectivity index (χ0n) is 11.7. The van der Waals surface area contributed by atoms with Crippen LogP contribution in [0.3, 0.4) is 0 Å². The number of aromatic nitrogens is 2. The molecule has 7 heteroatoms. The van der Waals surface area contributed by atoms with Crippen LogP contribution in [0.4, 0.5) is 5.82 Å². The average molecular weight is 267 g/mol. The normalized spacial score (nSPS) is 17.9. The van der Waals surface area contributed by atoms with Gasteiger partial charge in [0.15, 0.2) is 0 Å². The van der Waals surface area contributed by atoms with Crippen LogP contribution in [0, 0.1) is 0 Å². The fraction of sp³-hybridized carbons (Fsp3) is 0.750. The van der Waals surface area contributed by atoms with Gasteiger partial charge in [-0.2, -0.15) is 0 Å². The number of hydrogen-bond donors (Lipinski definition) is 1. The first-order valence-corrected chi connectivity index (χ1v) is 6.60. The third-order valence-electron chi connectivity index (χ3n) is 3.81. The predicted molar refractivity (Wildman–Crippen MR) is 70.5 cm³/mol. The standard InChI is InChI=1S/C12H21N5O2/c1-8(2)17-6-4-9(5-7-17)16(3)12(18)10-11(13)15-19-14-10/h8-9H,4-7H2,1-3H3,(H2,13,15). The Bertz CT molecular complexity index is 437. The van der Waals surface area contributed by atoms with Gasteiger partial charge in [0.1, 0.15) is 0 Å². The van der Waals surface area contributed by atoms with Gasteiger partial charge >= 0.3 is 0 Å². The zero-order valence-corrected chi connectivity index (χ0v) is 11.7. The number of nitrogen functional groups attached to an aromatic ring is 1. The molecule has 1 fully saturated rings. The summed E-state index contributed by atoms with van der Waals surface area (Å²) in [5.41, 5.74) is 5.65. The summed E-state index contributed by atoms with van der Waals surface area (Å²) < 4.78 is 4.47. The molecule has 19 heavy (non-hydrogen) atoms. The summed E-state index contributed by atoms with van der Waals surface area (Å²) in [7, 11) is 1.78. The number of likely N-dealkylation sites (tertiary alicyclic amines) is 1. The Morgan fingerprint density at radius 3 is 2.53 bits per heavy atom. The van der Waals surface area contributed by atoms with E-state index >= 15 is 0 Å². The van der Waals surface area contributed by atoms with E-state index in [0.29, 0.717) is 6.04 Å². The van der Waals surface area contributed by atoms with Gasteiger partial charge in [-0.15, -0.1) is 0 Å². The van der Waals surface area contributed by atoms with Crippen LogP contribution in [-0.4, -0.2) is 58.2 Å². The van der Waals surface area contributed by atoms with Crippen LogP contribution in [-0.2, 0) is 0 Å². The van der Waals surface area contributed by atoms with Crippen molar-refractivity contribution in [1.29, 1.82) is 0 Å². The Hall–Kier alpha value is -1.63. The fourth-order valence-electron chi connectivity index (χ4n) is 2.47. The Labute approximate surface area is 112 Å². The maximum atomic E-state index is 12.2. The van der Waals surface area contributed by atoms with Crippen LogP contribution in [0.2, 0.25) is 0 Å². The number of hydrogen-bond acceptors (Lipinski definition) is 6. The van der Waals surface area contributed by atoms with Gasteiger partial charge in [0.25, 0.3) is 5.91 Å². The Morgan fingerprint density at radius 2 is 2.05 bits per heavy atom. The first kappa shape index (κ1) is 13.8. The topological polar surface area (TPSA) is 88.5 Å². The van der Waals surface area contributed by atoms with Crippen LogP contribution in [0.25, 0.3) is 0 Å². The quantitative estimate of drug-likeness (QED) is 0.862. The Balaban J connectivity index is 1.96. The number of carbonyl (C=O) groups excluding carboxylic acids is 1. The molecule has 2 heterocycles. The molecule has 0 radical (unpaired) electrons. The Morgan fingerprint density at radius 1 is 1.42 bits per heavy atom. The van der Waals surface area contributed by atoms with Gasteiger partial charge in [0, 0.05) is 32.2 Å². The summed E-state index contributed by atoms with van der Waals surface area (Å²) >= 11 is 0. The highest BCUT2D eigenvalue weighted by molar-refractivity contribution is 5.96. The van der Waals surface area contributed by atoms with E-state index in [2.05, 4.69) is 33.7 Å². The van der Waals surface area contributed by atoms with Crippen LogP contribution in [0.15, 0.2) is 4.63 Å². The third kappa shape index (κ3) is 2.86. The highest BCUT2D eigenvalue weighted by atomic mass is 16.6. The lowest BCUT2D eigenvalue weighted by Crippen LogP contribution is -2.47. The summed E-state index contributed by atoms with van der Waals surface area (Å²) in [6.07, 6.45) is 1.93. The number of amides is 1. The summed E-state index contributed by atoms with van der Waals surface area (Å²) in [6.45, 7) is 6.40. The third-order valence-corrected chi connectivity index (χ3v) is 3.81. The molecule has 1 aliphatic heterocycles. The monoisotopic (exact) mass is 267 g/mol. The van der Waals surface area contributed by atoms with Crippen molar-refractivity contribution in [2.75, 3.05) is 25.9 Å². The molecule has 2 rings (SSSR count). The minimum Gasteiger partial charge on any atom is -0.379 e. The van der Waals surface area contributed by atoms with Crippen LogP contribution >= 0.6 is 0 Å². The largest absolute Gasteiger partial charge is 0.379 e. The zero-order chi connectivity index (χ0) is 14.0. The van der Waals surface area contributed by atoms with Crippen molar-refractivity contribution < 1.29 is 9.42 Å². The van der Waals surface area contributed by atoms with E-state index in [4.69, 9.17) is 5.73 Å². The number of carbonyl (C=O) groups is 1. The van der Waals surface area contributed by atoms with Crippen molar-refractivity contribution in [1.82, 2.24) is 20.1 Å². The first-order valence-electron chi connectivity index (χ1n) is 6.60. The lowest BCUT2D eigenvalue weighted by atomic mass is 10.0. The molecule has 2 N–H and O–H groups in total. The SMILES string of the molecule is CC(C)N1CCC(N(C)C(=O)c2nonc2N)CC1. The number of nitrogens with zero attached hydrogens (tertiary/aromatic N) is 4. The van der Waals surface area contributed by atoms with E-state index in [1.807, 2.05) is 0 Å². The van der Waals surface area contributed by atoms with Gasteiger partial charge in [-0.3, -0.25) is 4.79 Å². The molecule has 1 aromatic heterocycles. The Kier molecular flexibility index (Phi) is 4.04. The van der Waals surface area contributed by atoms with E-state index in [0.717, 1.165) is 25.9 Å². The molecule has 1 aliphatic rings. The van der Waals surface area contributed by atoms with Gasteiger partial charge in [-0.05, 0) is 37.0 Å². The van der Waals surface area contributed by atoms with Crippen molar-refractivity contribution in [3.8, 4) is 0 Å². The first-order chi connectivity index (χ1) is 9.00. The lowest BCUT2D eigenvalue weighted by Gasteiger charge is -2.38.